The number of esters is 1. The summed E-state index contributed by atoms with van der Waals surface area (Å²) >= 11 is 8.33. The number of nitrogens with one attached hydrogen (secondary N) is 1. The van der Waals surface area contributed by atoms with Gasteiger partial charge in [-0.2, -0.15) is 4.31 Å². The number of rotatable bonds is 6. The highest BCUT2D eigenvalue weighted by molar-refractivity contribution is 7.91. The summed E-state index contributed by atoms with van der Waals surface area (Å²) in [5.74, 6) is -0.858. The summed E-state index contributed by atoms with van der Waals surface area (Å²) in [5.41, 5.74) is 1.38. The largest absolute Gasteiger partial charge is 0.462 e. The van der Waals surface area contributed by atoms with E-state index in [0.717, 1.165) is 53.9 Å². The molecule has 0 aromatic carbocycles. The van der Waals surface area contributed by atoms with Crippen LogP contribution < -0.4 is 5.32 Å². The summed E-state index contributed by atoms with van der Waals surface area (Å²) in [5, 5.41) is 3.35. The fourth-order valence-corrected chi connectivity index (χ4v) is 8.82. The van der Waals surface area contributed by atoms with Crippen molar-refractivity contribution in [2.45, 2.75) is 62.1 Å². The van der Waals surface area contributed by atoms with Crippen molar-refractivity contribution in [1.29, 1.82) is 0 Å². The van der Waals surface area contributed by atoms with Gasteiger partial charge >= 0.3 is 5.97 Å². The summed E-state index contributed by atoms with van der Waals surface area (Å²) in [7, 11) is -3.85. The SMILES string of the molecule is CCOC(=O)c1c(NC(=O)C2CCCCN2S(=O)(=O)c2ccc(Cl)s2)sc2c1CCCC2. The number of piperidine rings is 1. The number of aryl methyl sites for hydroxylation is 1. The van der Waals surface area contributed by atoms with E-state index in [-0.39, 0.29) is 17.4 Å². The molecule has 1 aliphatic heterocycles. The van der Waals surface area contributed by atoms with Crippen molar-refractivity contribution < 1.29 is 22.7 Å². The first kappa shape index (κ1) is 23.7. The maximum Gasteiger partial charge on any atom is 0.341 e. The topological polar surface area (TPSA) is 92.8 Å². The third kappa shape index (κ3) is 4.61. The molecule has 0 bridgehead atoms. The van der Waals surface area contributed by atoms with E-state index in [9.17, 15) is 18.0 Å². The van der Waals surface area contributed by atoms with Gasteiger partial charge in [0.1, 0.15) is 15.3 Å². The number of amides is 1. The Kier molecular flexibility index (Phi) is 7.26. The number of thiophene rings is 2. The van der Waals surface area contributed by atoms with E-state index in [0.29, 0.717) is 27.7 Å². The fourth-order valence-electron chi connectivity index (χ4n) is 4.27. The minimum absolute atomic E-state index is 0.126. The summed E-state index contributed by atoms with van der Waals surface area (Å²) in [4.78, 5) is 27.1. The third-order valence-electron chi connectivity index (χ3n) is 5.76. The highest BCUT2D eigenvalue weighted by atomic mass is 35.5. The van der Waals surface area contributed by atoms with Crippen molar-refractivity contribution in [2.75, 3.05) is 18.5 Å². The van der Waals surface area contributed by atoms with Crippen LogP contribution in [0.2, 0.25) is 4.34 Å². The molecule has 32 heavy (non-hydrogen) atoms. The summed E-state index contributed by atoms with van der Waals surface area (Å²) in [6.07, 6.45) is 5.53. The normalized spacial score (nSPS) is 19.4. The molecular weight excluding hydrogens is 492 g/mol. The average molecular weight is 517 g/mol. The highest BCUT2D eigenvalue weighted by Crippen LogP contribution is 2.39. The molecule has 3 heterocycles. The van der Waals surface area contributed by atoms with Crippen molar-refractivity contribution in [3.05, 3.63) is 32.5 Å². The fraction of sp³-hybridized carbons (Fsp3) is 0.524. The number of ether oxygens (including phenoxy) is 1. The van der Waals surface area contributed by atoms with Gasteiger partial charge in [0.2, 0.25) is 5.91 Å². The molecule has 1 unspecified atom stereocenters. The van der Waals surface area contributed by atoms with Crippen LogP contribution in [0.15, 0.2) is 16.3 Å². The highest BCUT2D eigenvalue weighted by Gasteiger charge is 2.39. The van der Waals surface area contributed by atoms with Crippen LogP contribution in [0, 0.1) is 0 Å². The maximum absolute atomic E-state index is 13.3. The van der Waals surface area contributed by atoms with Crippen LogP contribution in [0.3, 0.4) is 0 Å². The molecule has 174 valence electrons. The van der Waals surface area contributed by atoms with Gasteiger partial charge in [0.05, 0.1) is 16.5 Å². The Labute approximate surface area is 200 Å². The smallest absolute Gasteiger partial charge is 0.341 e. The monoisotopic (exact) mass is 516 g/mol. The Hall–Kier alpha value is -1.46. The van der Waals surface area contributed by atoms with Gasteiger partial charge in [-0.05, 0) is 63.1 Å². The molecule has 1 atom stereocenters. The van der Waals surface area contributed by atoms with Gasteiger partial charge < -0.3 is 10.1 Å². The lowest BCUT2D eigenvalue weighted by Gasteiger charge is -2.33. The molecule has 2 aromatic rings. The third-order valence-corrected chi connectivity index (χ3v) is 10.6. The number of fused-ring (bicyclic) bond motifs is 1. The number of hydrogen-bond acceptors (Lipinski definition) is 7. The molecule has 0 saturated carbocycles. The predicted octanol–water partition coefficient (Wildman–Crippen LogP) is 4.70. The molecule has 0 radical (unpaired) electrons. The molecule has 1 amide bonds. The molecule has 2 aliphatic rings. The Bertz CT molecular complexity index is 1120. The number of hydrogen-bond donors (Lipinski definition) is 1. The van der Waals surface area contributed by atoms with Crippen LogP contribution in [-0.2, 0) is 32.4 Å². The summed E-state index contributed by atoms with van der Waals surface area (Å²) in [6.45, 7) is 2.26. The van der Waals surface area contributed by atoms with Crippen LogP contribution >= 0.6 is 34.3 Å². The molecule has 1 aliphatic carbocycles. The lowest BCUT2D eigenvalue weighted by atomic mass is 9.95. The van der Waals surface area contributed by atoms with E-state index in [1.807, 2.05) is 0 Å². The number of halogens is 1. The van der Waals surface area contributed by atoms with E-state index < -0.39 is 27.9 Å². The lowest BCUT2D eigenvalue weighted by molar-refractivity contribution is -0.120. The number of nitrogens with zero attached hydrogens (tertiary/aromatic N) is 1. The zero-order valence-electron chi connectivity index (χ0n) is 17.7. The van der Waals surface area contributed by atoms with Gasteiger partial charge in [-0.1, -0.05) is 18.0 Å². The van der Waals surface area contributed by atoms with Gasteiger partial charge in [-0.15, -0.1) is 22.7 Å². The second-order valence-corrected chi connectivity index (χ2v) is 12.7. The quantitative estimate of drug-likeness (QED) is 0.562. The Morgan fingerprint density at radius 3 is 2.69 bits per heavy atom. The second kappa shape index (κ2) is 9.80. The van der Waals surface area contributed by atoms with Crippen molar-refractivity contribution in [3.8, 4) is 0 Å². The van der Waals surface area contributed by atoms with E-state index in [4.69, 9.17) is 16.3 Å². The number of anilines is 1. The number of carbonyl (C=O) groups is 2. The van der Waals surface area contributed by atoms with Crippen LogP contribution in [0.1, 0.15) is 59.8 Å². The predicted molar refractivity (Wildman–Crippen MR) is 126 cm³/mol. The van der Waals surface area contributed by atoms with Crippen molar-refractivity contribution in [2.24, 2.45) is 0 Å². The molecule has 7 nitrogen and oxygen atoms in total. The van der Waals surface area contributed by atoms with Gasteiger partial charge in [-0.3, -0.25) is 4.79 Å². The standard InChI is InChI=1S/C21H25ClN2O5S3/c1-2-29-21(26)18-13-7-3-4-9-15(13)30-20(18)23-19(25)14-8-5-6-12-24(14)32(27,28)17-11-10-16(22)31-17/h10-11,14H,2-9,12H2,1H3,(H,23,25). The minimum atomic E-state index is -3.85. The first-order valence-electron chi connectivity index (χ1n) is 10.7. The number of sulfonamides is 1. The van der Waals surface area contributed by atoms with Crippen molar-refractivity contribution in [3.63, 3.8) is 0 Å². The van der Waals surface area contributed by atoms with Crippen molar-refractivity contribution >= 4 is 61.2 Å². The van der Waals surface area contributed by atoms with Gasteiger partial charge in [-0.25, -0.2) is 13.2 Å². The summed E-state index contributed by atoms with van der Waals surface area (Å²) < 4.78 is 33.5. The van der Waals surface area contributed by atoms with Gasteiger partial charge in [0.25, 0.3) is 10.0 Å². The molecule has 4 rings (SSSR count). The Balaban J connectivity index is 1.63. The zero-order chi connectivity index (χ0) is 22.9. The zero-order valence-corrected chi connectivity index (χ0v) is 20.9. The molecule has 2 aromatic heterocycles. The lowest BCUT2D eigenvalue weighted by Crippen LogP contribution is -2.49. The van der Waals surface area contributed by atoms with Gasteiger partial charge in [0, 0.05) is 11.4 Å². The van der Waals surface area contributed by atoms with E-state index >= 15 is 0 Å². The van der Waals surface area contributed by atoms with Crippen LogP contribution in [-0.4, -0.2) is 43.8 Å². The summed E-state index contributed by atoms with van der Waals surface area (Å²) in [6, 6.07) is 2.17. The molecular formula is C21H25ClN2O5S3. The Morgan fingerprint density at radius 2 is 1.97 bits per heavy atom. The number of carbonyl (C=O) groups excluding carboxylic acids is 2. The molecule has 1 fully saturated rings. The molecule has 1 N–H and O–H groups in total. The second-order valence-electron chi connectivity index (χ2n) is 7.81. The average Bonchev–Trinajstić information content (AvgIpc) is 3.37. The Morgan fingerprint density at radius 1 is 1.19 bits per heavy atom. The first-order valence-corrected chi connectivity index (χ1v) is 14.2. The van der Waals surface area contributed by atoms with Gasteiger partial charge in [0.15, 0.2) is 0 Å². The molecule has 11 heteroatoms. The van der Waals surface area contributed by atoms with Crippen molar-refractivity contribution in [1.82, 2.24) is 4.31 Å². The maximum atomic E-state index is 13.3. The first-order chi connectivity index (χ1) is 15.3. The molecule has 0 spiro atoms. The van der Waals surface area contributed by atoms with E-state index in [2.05, 4.69) is 5.32 Å². The van der Waals surface area contributed by atoms with Crippen LogP contribution in [0.25, 0.3) is 0 Å². The van der Waals surface area contributed by atoms with E-state index in [1.165, 1.54) is 21.7 Å². The van der Waals surface area contributed by atoms with Crippen LogP contribution in [0.4, 0.5) is 5.00 Å². The molecule has 1 saturated heterocycles. The van der Waals surface area contributed by atoms with Crippen LogP contribution in [0.5, 0.6) is 0 Å². The minimum Gasteiger partial charge on any atom is -0.462 e. The van der Waals surface area contributed by atoms with E-state index in [1.54, 1.807) is 13.0 Å².